The molecule has 0 spiro atoms. The predicted molar refractivity (Wildman–Crippen MR) is 84.8 cm³/mol. The average molecular weight is 325 g/mol. The second-order valence-electron chi connectivity index (χ2n) is 4.88. The molecule has 0 aliphatic carbocycles. The Labute approximate surface area is 130 Å². The van der Waals surface area contributed by atoms with Crippen LogP contribution in [0.4, 0.5) is 5.69 Å². The Hall–Kier alpha value is -1.67. The van der Waals surface area contributed by atoms with Gasteiger partial charge in [-0.25, -0.2) is 4.98 Å². The Balaban J connectivity index is 1.99. The van der Waals surface area contributed by atoms with Crippen molar-refractivity contribution in [1.82, 2.24) is 10.3 Å². The minimum Gasteiger partial charge on any atom is -0.355 e. The Bertz CT molecular complexity index is 670. The zero-order chi connectivity index (χ0) is 15.4. The van der Waals surface area contributed by atoms with Gasteiger partial charge in [-0.15, -0.1) is 11.3 Å². The normalized spacial score (nSPS) is 11.0. The van der Waals surface area contributed by atoms with E-state index in [9.17, 15) is 14.9 Å². The van der Waals surface area contributed by atoms with Crippen LogP contribution >= 0.6 is 23.1 Å². The van der Waals surface area contributed by atoms with E-state index in [0.29, 0.717) is 18.2 Å². The van der Waals surface area contributed by atoms with Gasteiger partial charge < -0.3 is 5.32 Å². The number of carbonyl (C=O) groups excluding carboxylic acids is 1. The van der Waals surface area contributed by atoms with Crippen molar-refractivity contribution in [2.75, 3.05) is 12.3 Å². The fourth-order valence-electron chi connectivity index (χ4n) is 1.56. The van der Waals surface area contributed by atoms with Crippen LogP contribution in [0.1, 0.15) is 13.8 Å². The van der Waals surface area contributed by atoms with Crippen molar-refractivity contribution in [2.24, 2.45) is 5.92 Å². The molecular formula is C13H15N3O3S2. The highest BCUT2D eigenvalue weighted by Gasteiger charge is 2.11. The zero-order valence-corrected chi connectivity index (χ0v) is 13.3. The van der Waals surface area contributed by atoms with Crippen LogP contribution in [-0.4, -0.2) is 28.1 Å². The first kappa shape index (κ1) is 15.7. The Morgan fingerprint density at radius 3 is 2.95 bits per heavy atom. The van der Waals surface area contributed by atoms with Crippen molar-refractivity contribution < 1.29 is 9.72 Å². The van der Waals surface area contributed by atoms with Gasteiger partial charge in [0.1, 0.15) is 0 Å². The lowest BCUT2D eigenvalue weighted by molar-refractivity contribution is -0.384. The van der Waals surface area contributed by atoms with Crippen LogP contribution < -0.4 is 5.32 Å². The summed E-state index contributed by atoms with van der Waals surface area (Å²) in [5.74, 6) is 0.690. The first-order chi connectivity index (χ1) is 9.95. The molecule has 6 nitrogen and oxygen atoms in total. The lowest BCUT2D eigenvalue weighted by Crippen LogP contribution is -2.28. The van der Waals surface area contributed by atoms with Crippen molar-refractivity contribution >= 4 is 44.9 Å². The molecule has 0 bridgehead atoms. The highest BCUT2D eigenvalue weighted by atomic mass is 32.2. The number of nitro groups is 1. The summed E-state index contributed by atoms with van der Waals surface area (Å²) in [7, 11) is 0. The van der Waals surface area contributed by atoms with Gasteiger partial charge in [-0.3, -0.25) is 14.9 Å². The molecule has 1 N–H and O–H groups in total. The second-order valence-corrected chi connectivity index (χ2v) is 7.13. The van der Waals surface area contributed by atoms with Gasteiger partial charge in [0.2, 0.25) is 5.91 Å². The van der Waals surface area contributed by atoms with E-state index < -0.39 is 4.92 Å². The molecule has 0 unspecified atom stereocenters. The van der Waals surface area contributed by atoms with E-state index in [1.54, 1.807) is 6.07 Å². The molecule has 2 rings (SSSR count). The molecule has 0 radical (unpaired) electrons. The summed E-state index contributed by atoms with van der Waals surface area (Å²) in [5, 5.41) is 13.6. The predicted octanol–water partition coefficient (Wildman–Crippen LogP) is 3.07. The number of nitrogens with zero attached hydrogens (tertiary/aromatic N) is 2. The van der Waals surface area contributed by atoms with E-state index in [0.717, 1.165) is 14.6 Å². The number of hydrogen-bond acceptors (Lipinski definition) is 6. The number of thioether (sulfide) groups is 1. The number of benzene rings is 1. The molecule has 1 aromatic carbocycles. The molecule has 0 atom stereocenters. The maximum absolute atomic E-state index is 11.6. The van der Waals surface area contributed by atoms with Crippen LogP contribution in [0.3, 0.4) is 0 Å². The molecule has 0 aliphatic rings. The van der Waals surface area contributed by atoms with Crippen LogP contribution in [0.2, 0.25) is 0 Å². The third-order valence-electron chi connectivity index (χ3n) is 2.60. The van der Waals surface area contributed by atoms with Crippen molar-refractivity contribution in [3.8, 4) is 0 Å². The summed E-state index contributed by atoms with van der Waals surface area (Å²) in [6, 6.07) is 4.58. The molecule has 2 aromatic rings. The quantitative estimate of drug-likeness (QED) is 0.501. The van der Waals surface area contributed by atoms with E-state index in [4.69, 9.17) is 0 Å². The van der Waals surface area contributed by atoms with Crippen LogP contribution in [-0.2, 0) is 4.79 Å². The smallest absolute Gasteiger partial charge is 0.270 e. The zero-order valence-electron chi connectivity index (χ0n) is 11.7. The maximum Gasteiger partial charge on any atom is 0.270 e. The first-order valence-electron chi connectivity index (χ1n) is 6.40. The van der Waals surface area contributed by atoms with E-state index in [1.165, 1.54) is 35.2 Å². The van der Waals surface area contributed by atoms with Crippen LogP contribution in [0.5, 0.6) is 0 Å². The summed E-state index contributed by atoms with van der Waals surface area (Å²) in [6.45, 7) is 4.73. The highest BCUT2D eigenvalue weighted by molar-refractivity contribution is 8.01. The van der Waals surface area contributed by atoms with Crippen LogP contribution in [0, 0.1) is 16.0 Å². The average Bonchev–Trinajstić information content (AvgIpc) is 2.84. The van der Waals surface area contributed by atoms with Gasteiger partial charge in [0, 0.05) is 18.7 Å². The molecule has 1 aromatic heterocycles. The van der Waals surface area contributed by atoms with Crippen molar-refractivity contribution in [3.05, 3.63) is 28.3 Å². The van der Waals surface area contributed by atoms with Gasteiger partial charge in [0.05, 0.1) is 20.9 Å². The number of nitrogens with one attached hydrogen (secondary N) is 1. The molecular weight excluding hydrogens is 310 g/mol. The van der Waals surface area contributed by atoms with Gasteiger partial charge in [-0.2, -0.15) is 0 Å². The number of amides is 1. The van der Waals surface area contributed by atoms with Crippen LogP contribution in [0.25, 0.3) is 10.2 Å². The molecule has 0 saturated carbocycles. The lowest BCUT2D eigenvalue weighted by atomic mass is 10.2. The molecule has 8 heteroatoms. The monoisotopic (exact) mass is 325 g/mol. The largest absolute Gasteiger partial charge is 0.355 e. The van der Waals surface area contributed by atoms with Gasteiger partial charge in [-0.05, 0) is 12.0 Å². The van der Waals surface area contributed by atoms with E-state index in [1.807, 2.05) is 13.8 Å². The third kappa shape index (κ3) is 4.40. The minimum atomic E-state index is -0.425. The number of non-ortho nitro benzene ring substituents is 1. The molecule has 21 heavy (non-hydrogen) atoms. The minimum absolute atomic E-state index is 0.0288. The molecule has 1 amide bonds. The summed E-state index contributed by atoms with van der Waals surface area (Å²) in [6.07, 6.45) is 0. The fourth-order valence-corrected chi connectivity index (χ4v) is 3.50. The molecule has 0 fully saturated rings. The number of carbonyl (C=O) groups is 1. The van der Waals surface area contributed by atoms with E-state index in [-0.39, 0.29) is 11.6 Å². The number of nitro benzene ring substituents is 1. The van der Waals surface area contributed by atoms with Crippen molar-refractivity contribution in [3.63, 3.8) is 0 Å². The van der Waals surface area contributed by atoms with E-state index >= 15 is 0 Å². The third-order valence-corrected chi connectivity index (χ3v) is 4.76. The molecule has 0 saturated heterocycles. The van der Waals surface area contributed by atoms with E-state index in [2.05, 4.69) is 10.3 Å². The van der Waals surface area contributed by atoms with Crippen molar-refractivity contribution in [2.45, 2.75) is 18.2 Å². The summed E-state index contributed by atoms with van der Waals surface area (Å²) < 4.78 is 1.50. The first-order valence-corrected chi connectivity index (χ1v) is 8.20. The number of aromatic nitrogens is 1. The molecule has 1 heterocycles. The van der Waals surface area contributed by atoms with Gasteiger partial charge in [-0.1, -0.05) is 25.6 Å². The number of hydrogen-bond donors (Lipinski definition) is 1. The fraction of sp³-hybridized carbons (Fsp3) is 0.385. The Morgan fingerprint density at radius 1 is 1.52 bits per heavy atom. The number of fused-ring (bicyclic) bond motifs is 1. The topological polar surface area (TPSA) is 85.1 Å². The van der Waals surface area contributed by atoms with Gasteiger partial charge >= 0.3 is 0 Å². The highest BCUT2D eigenvalue weighted by Crippen LogP contribution is 2.31. The Morgan fingerprint density at radius 2 is 2.29 bits per heavy atom. The summed E-state index contributed by atoms with van der Waals surface area (Å²) >= 11 is 2.71. The summed E-state index contributed by atoms with van der Waals surface area (Å²) in [5.41, 5.74) is 0.771. The van der Waals surface area contributed by atoms with Gasteiger partial charge in [0.25, 0.3) is 5.69 Å². The van der Waals surface area contributed by atoms with Gasteiger partial charge in [0.15, 0.2) is 4.34 Å². The van der Waals surface area contributed by atoms with Crippen LogP contribution in [0.15, 0.2) is 22.5 Å². The SMILES string of the molecule is CC(C)CNC(=O)CSc1nc2ccc([N+](=O)[O-])cc2s1. The standard InChI is InChI=1S/C13H15N3O3S2/c1-8(2)6-14-12(17)7-20-13-15-10-4-3-9(16(18)19)5-11(10)21-13/h3-5,8H,6-7H2,1-2H3,(H,14,17). The maximum atomic E-state index is 11.6. The summed E-state index contributed by atoms with van der Waals surface area (Å²) in [4.78, 5) is 26.3. The number of rotatable bonds is 6. The Kier molecular flexibility index (Phi) is 5.13. The van der Waals surface area contributed by atoms with Crippen molar-refractivity contribution in [1.29, 1.82) is 0 Å². The lowest BCUT2D eigenvalue weighted by Gasteiger charge is -2.06. The molecule has 112 valence electrons. The number of thiazole rings is 1. The molecule has 0 aliphatic heterocycles. The second kappa shape index (κ2) is 6.86.